The van der Waals surface area contributed by atoms with E-state index in [9.17, 15) is 4.79 Å². The summed E-state index contributed by atoms with van der Waals surface area (Å²) in [5.41, 5.74) is 0. The van der Waals surface area contributed by atoms with E-state index in [4.69, 9.17) is 13.6 Å². The van der Waals surface area contributed by atoms with Crippen molar-refractivity contribution in [2.45, 2.75) is 32.7 Å². The molecule has 0 atom stereocenters. The van der Waals surface area contributed by atoms with Crippen LogP contribution in [0.5, 0.6) is 0 Å². The third kappa shape index (κ3) is 5.75. The van der Waals surface area contributed by atoms with Gasteiger partial charge in [0.1, 0.15) is 0 Å². The lowest BCUT2D eigenvalue weighted by atomic mass is 10.4. The number of rotatable bonds is 11. The van der Waals surface area contributed by atoms with Crippen LogP contribution in [0.4, 0.5) is 0 Å². The predicted octanol–water partition coefficient (Wildman–Crippen LogP) is 2.92. The van der Waals surface area contributed by atoms with Gasteiger partial charge in [0.05, 0.1) is 6.61 Å². The van der Waals surface area contributed by atoms with Crippen LogP contribution in [-0.4, -0.2) is 34.4 Å². The maximum atomic E-state index is 11.3. The fourth-order valence-corrected chi connectivity index (χ4v) is 5.20. The first-order valence-electron chi connectivity index (χ1n) is 7.81. The van der Waals surface area contributed by atoms with Gasteiger partial charge in [0, 0.05) is 25.3 Å². The van der Waals surface area contributed by atoms with Gasteiger partial charge in [-0.05, 0) is 18.0 Å². The minimum atomic E-state index is -2.60. The molecule has 22 heavy (non-hydrogen) atoms. The molecule has 0 saturated carbocycles. The predicted molar refractivity (Wildman–Crippen MR) is 90.3 cm³/mol. The van der Waals surface area contributed by atoms with Gasteiger partial charge in [0.25, 0.3) is 0 Å². The van der Waals surface area contributed by atoms with Crippen LogP contribution in [0.1, 0.15) is 26.7 Å². The van der Waals surface area contributed by atoms with Gasteiger partial charge in [-0.25, -0.2) is 4.79 Å². The van der Waals surface area contributed by atoms with Gasteiger partial charge in [-0.3, -0.25) is 0 Å². The monoisotopic (exact) mass is 322 g/mol. The lowest BCUT2D eigenvalue weighted by Crippen LogP contribution is -2.55. The normalized spacial score (nSPS) is 11.2. The van der Waals surface area contributed by atoms with Gasteiger partial charge in [-0.2, -0.15) is 0 Å². The standard InChI is InChI=1S/C17H26O4Si/c1-4-12-20-22(21-13-5-2,15-14-19-17(18)6-3)16-10-8-7-9-11-16/h6-11H,3-5,12-15H2,1-2H3. The topological polar surface area (TPSA) is 44.8 Å². The zero-order valence-corrected chi connectivity index (χ0v) is 14.5. The van der Waals surface area contributed by atoms with E-state index in [1.165, 1.54) is 6.08 Å². The van der Waals surface area contributed by atoms with Crippen molar-refractivity contribution in [2.75, 3.05) is 19.8 Å². The Kier molecular flexibility index (Phi) is 8.73. The van der Waals surface area contributed by atoms with E-state index in [1.54, 1.807) is 0 Å². The van der Waals surface area contributed by atoms with Crippen LogP contribution in [-0.2, 0) is 18.4 Å². The Morgan fingerprint density at radius 3 is 2.18 bits per heavy atom. The third-order valence-corrected chi connectivity index (χ3v) is 6.55. The molecule has 0 N–H and O–H groups in total. The highest BCUT2D eigenvalue weighted by molar-refractivity contribution is 6.81. The van der Waals surface area contributed by atoms with Crippen molar-refractivity contribution in [3.05, 3.63) is 43.0 Å². The molecule has 4 nitrogen and oxygen atoms in total. The number of carbonyl (C=O) groups excluding carboxylic acids is 1. The van der Waals surface area contributed by atoms with Crippen molar-refractivity contribution in [3.8, 4) is 0 Å². The Balaban J connectivity index is 2.92. The van der Waals surface area contributed by atoms with Gasteiger partial charge < -0.3 is 13.6 Å². The number of hydrogen-bond donors (Lipinski definition) is 0. The molecular weight excluding hydrogens is 296 g/mol. The summed E-state index contributed by atoms with van der Waals surface area (Å²) in [4.78, 5) is 11.3. The highest BCUT2D eigenvalue weighted by Gasteiger charge is 2.40. The van der Waals surface area contributed by atoms with Crippen LogP contribution < -0.4 is 5.19 Å². The van der Waals surface area contributed by atoms with Crippen molar-refractivity contribution in [1.82, 2.24) is 0 Å². The maximum absolute atomic E-state index is 11.3. The molecule has 1 aromatic carbocycles. The summed E-state index contributed by atoms with van der Waals surface area (Å²) in [6, 6.07) is 10.6. The van der Waals surface area contributed by atoms with Crippen molar-refractivity contribution >= 4 is 19.7 Å². The fraction of sp³-hybridized carbons (Fsp3) is 0.471. The Bertz CT molecular complexity index is 439. The van der Waals surface area contributed by atoms with E-state index in [0.29, 0.717) is 19.3 Å². The Morgan fingerprint density at radius 1 is 1.09 bits per heavy atom. The van der Waals surface area contributed by atoms with E-state index in [1.807, 2.05) is 30.3 Å². The Labute approximate surface area is 134 Å². The second-order valence-corrected chi connectivity index (χ2v) is 8.10. The lowest BCUT2D eigenvalue weighted by Gasteiger charge is -2.31. The zero-order valence-electron chi connectivity index (χ0n) is 13.5. The van der Waals surface area contributed by atoms with Crippen LogP contribution >= 0.6 is 0 Å². The van der Waals surface area contributed by atoms with Crippen molar-refractivity contribution in [1.29, 1.82) is 0 Å². The molecule has 0 amide bonds. The van der Waals surface area contributed by atoms with Crippen LogP contribution in [0.15, 0.2) is 43.0 Å². The average Bonchev–Trinajstić information content (AvgIpc) is 2.57. The molecule has 122 valence electrons. The summed E-state index contributed by atoms with van der Waals surface area (Å²) >= 11 is 0. The summed E-state index contributed by atoms with van der Waals surface area (Å²) in [6.45, 7) is 9.11. The van der Waals surface area contributed by atoms with Crippen LogP contribution in [0.3, 0.4) is 0 Å². The average molecular weight is 322 g/mol. The lowest BCUT2D eigenvalue weighted by molar-refractivity contribution is -0.137. The first-order chi connectivity index (χ1) is 10.7. The highest BCUT2D eigenvalue weighted by atomic mass is 28.4. The Hall–Kier alpha value is -1.43. The fourth-order valence-electron chi connectivity index (χ4n) is 2.07. The number of benzene rings is 1. The van der Waals surface area contributed by atoms with E-state index in [2.05, 4.69) is 20.4 Å². The summed E-state index contributed by atoms with van der Waals surface area (Å²) in [6.07, 6.45) is 3.01. The molecular formula is C17H26O4Si. The van der Waals surface area contributed by atoms with Crippen LogP contribution in [0.2, 0.25) is 6.04 Å². The quantitative estimate of drug-likeness (QED) is 0.357. The van der Waals surface area contributed by atoms with Crippen molar-refractivity contribution in [3.63, 3.8) is 0 Å². The zero-order chi connectivity index (χ0) is 16.3. The molecule has 0 fully saturated rings. The van der Waals surface area contributed by atoms with E-state index >= 15 is 0 Å². The molecule has 1 rings (SSSR count). The summed E-state index contributed by atoms with van der Waals surface area (Å²) in [5.74, 6) is -0.415. The summed E-state index contributed by atoms with van der Waals surface area (Å²) < 4.78 is 17.5. The molecule has 1 aromatic rings. The summed E-state index contributed by atoms with van der Waals surface area (Å²) in [7, 11) is -2.60. The van der Waals surface area contributed by atoms with Crippen molar-refractivity contribution < 1.29 is 18.4 Å². The molecule has 0 aliphatic carbocycles. The Morgan fingerprint density at radius 2 is 1.68 bits per heavy atom. The molecule has 0 bridgehead atoms. The maximum Gasteiger partial charge on any atom is 0.375 e. The van der Waals surface area contributed by atoms with Gasteiger partial charge in [0.2, 0.25) is 0 Å². The number of ether oxygens (including phenoxy) is 1. The molecule has 0 spiro atoms. The smallest absolute Gasteiger partial charge is 0.375 e. The van der Waals surface area contributed by atoms with Crippen LogP contribution in [0, 0.1) is 0 Å². The summed E-state index contributed by atoms with van der Waals surface area (Å²) in [5, 5.41) is 1.08. The second-order valence-electron chi connectivity index (χ2n) is 4.94. The first kappa shape index (κ1) is 18.6. The van der Waals surface area contributed by atoms with E-state index < -0.39 is 14.5 Å². The second kappa shape index (κ2) is 10.3. The SMILES string of the molecule is C=CC(=O)OCC[Si](OCCC)(OCCC)c1ccccc1. The van der Waals surface area contributed by atoms with Gasteiger partial charge in [-0.15, -0.1) is 0 Å². The molecule has 0 radical (unpaired) electrons. The first-order valence-corrected chi connectivity index (χ1v) is 9.83. The van der Waals surface area contributed by atoms with Gasteiger partial charge >= 0.3 is 14.5 Å². The minimum absolute atomic E-state index is 0.277. The number of carbonyl (C=O) groups is 1. The molecule has 0 unspecified atom stereocenters. The van der Waals surface area contributed by atoms with Crippen molar-refractivity contribution in [2.24, 2.45) is 0 Å². The molecule has 0 aliphatic heterocycles. The highest BCUT2D eigenvalue weighted by Crippen LogP contribution is 2.16. The van der Waals surface area contributed by atoms with E-state index in [-0.39, 0.29) is 6.61 Å². The molecule has 0 aromatic heterocycles. The van der Waals surface area contributed by atoms with E-state index in [0.717, 1.165) is 18.0 Å². The van der Waals surface area contributed by atoms with Crippen LogP contribution in [0.25, 0.3) is 0 Å². The molecule has 0 aliphatic rings. The van der Waals surface area contributed by atoms with Gasteiger partial charge in [0.15, 0.2) is 0 Å². The molecule has 0 saturated heterocycles. The van der Waals surface area contributed by atoms with Gasteiger partial charge in [-0.1, -0.05) is 50.8 Å². The number of hydrogen-bond acceptors (Lipinski definition) is 4. The molecule has 5 heteroatoms. The minimum Gasteiger partial charge on any atom is -0.463 e. The largest absolute Gasteiger partial charge is 0.463 e. The number of esters is 1. The molecule has 0 heterocycles. The third-order valence-electron chi connectivity index (χ3n) is 3.13.